The van der Waals surface area contributed by atoms with Crippen molar-refractivity contribution in [1.82, 2.24) is 9.88 Å². The predicted molar refractivity (Wildman–Crippen MR) is 110 cm³/mol. The normalized spacial score (nSPS) is 14.8. The molecule has 28 heavy (non-hydrogen) atoms. The third kappa shape index (κ3) is 4.52. The van der Waals surface area contributed by atoms with Gasteiger partial charge in [0.05, 0.1) is 24.7 Å². The highest BCUT2D eigenvalue weighted by molar-refractivity contribution is 6.30. The molecule has 7 heteroatoms. The number of carbonyl (C=O) groups is 1. The number of piperazine rings is 1. The van der Waals surface area contributed by atoms with Crippen LogP contribution in [0.5, 0.6) is 0 Å². The van der Waals surface area contributed by atoms with Gasteiger partial charge in [-0.2, -0.15) is 0 Å². The number of nitrogens with zero attached hydrogens (tertiary/aromatic N) is 3. The van der Waals surface area contributed by atoms with E-state index in [9.17, 15) is 4.79 Å². The molecule has 0 unspecified atom stereocenters. The van der Waals surface area contributed by atoms with Crippen LogP contribution in [0.3, 0.4) is 0 Å². The molecule has 0 bridgehead atoms. The van der Waals surface area contributed by atoms with E-state index in [0.717, 1.165) is 44.3 Å². The largest absolute Gasteiger partial charge is 0.468 e. The fraction of sp³-hybridized carbons (Fsp3) is 0.238. The number of hydrogen-bond acceptors (Lipinski definition) is 5. The second kappa shape index (κ2) is 8.46. The average Bonchev–Trinajstić information content (AvgIpc) is 3.23. The van der Waals surface area contributed by atoms with Crippen molar-refractivity contribution < 1.29 is 9.21 Å². The molecular formula is C21H21ClN4O2. The van der Waals surface area contributed by atoms with Crippen molar-refractivity contribution in [3.05, 3.63) is 77.3 Å². The summed E-state index contributed by atoms with van der Waals surface area (Å²) in [5.74, 6) is 1.73. The Morgan fingerprint density at radius 1 is 1.07 bits per heavy atom. The van der Waals surface area contributed by atoms with Gasteiger partial charge in [0.2, 0.25) is 0 Å². The summed E-state index contributed by atoms with van der Waals surface area (Å²) < 4.78 is 5.42. The van der Waals surface area contributed by atoms with E-state index in [1.165, 1.54) is 0 Å². The Morgan fingerprint density at radius 2 is 1.86 bits per heavy atom. The van der Waals surface area contributed by atoms with Gasteiger partial charge in [-0.3, -0.25) is 9.69 Å². The highest BCUT2D eigenvalue weighted by Crippen LogP contribution is 2.18. The molecule has 0 saturated carbocycles. The quantitative estimate of drug-likeness (QED) is 0.708. The van der Waals surface area contributed by atoms with Gasteiger partial charge < -0.3 is 14.6 Å². The Hall–Kier alpha value is -2.83. The lowest BCUT2D eigenvalue weighted by molar-refractivity contribution is 0.102. The third-order valence-electron chi connectivity index (χ3n) is 4.77. The van der Waals surface area contributed by atoms with Gasteiger partial charge in [-0.05, 0) is 48.5 Å². The van der Waals surface area contributed by atoms with Crippen LogP contribution in [-0.4, -0.2) is 42.0 Å². The number of rotatable bonds is 5. The van der Waals surface area contributed by atoms with E-state index in [1.54, 1.807) is 36.7 Å². The van der Waals surface area contributed by atoms with Gasteiger partial charge in [0, 0.05) is 36.8 Å². The molecule has 2 aromatic heterocycles. The number of halogens is 1. The predicted octanol–water partition coefficient (Wildman–Crippen LogP) is 3.90. The Bertz CT molecular complexity index is 903. The lowest BCUT2D eigenvalue weighted by Gasteiger charge is -2.35. The first-order valence-electron chi connectivity index (χ1n) is 9.20. The first-order valence-corrected chi connectivity index (χ1v) is 9.58. The number of benzene rings is 1. The van der Waals surface area contributed by atoms with Crippen molar-refractivity contribution in [3.63, 3.8) is 0 Å². The van der Waals surface area contributed by atoms with Gasteiger partial charge in [0.1, 0.15) is 11.6 Å². The molecule has 0 aliphatic carbocycles. The fourth-order valence-corrected chi connectivity index (χ4v) is 3.34. The number of furan rings is 1. The van der Waals surface area contributed by atoms with Crippen LogP contribution in [0.25, 0.3) is 0 Å². The summed E-state index contributed by atoms with van der Waals surface area (Å²) in [5, 5.41) is 3.46. The zero-order chi connectivity index (χ0) is 19.3. The van der Waals surface area contributed by atoms with Gasteiger partial charge in [-0.1, -0.05) is 11.6 Å². The second-order valence-corrected chi connectivity index (χ2v) is 7.15. The molecule has 6 nitrogen and oxygen atoms in total. The smallest absolute Gasteiger partial charge is 0.255 e. The Morgan fingerprint density at radius 3 is 2.50 bits per heavy atom. The molecule has 1 fully saturated rings. The molecule has 1 aliphatic heterocycles. The minimum atomic E-state index is -0.183. The molecule has 0 atom stereocenters. The molecule has 1 saturated heterocycles. The van der Waals surface area contributed by atoms with Crippen LogP contribution in [0.2, 0.25) is 5.02 Å². The number of anilines is 2. The zero-order valence-electron chi connectivity index (χ0n) is 15.3. The van der Waals surface area contributed by atoms with Crippen LogP contribution < -0.4 is 10.2 Å². The Labute approximate surface area is 168 Å². The summed E-state index contributed by atoms with van der Waals surface area (Å²) in [6, 6.07) is 14.5. The van der Waals surface area contributed by atoms with Crippen LogP contribution in [0, 0.1) is 0 Å². The molecule has 1 aliphatic rings. The van der Waals surface area contributed by atoms with Gasteiger partial charge in [0.15, 0.2) is 0 Å². The highest BCUT2D eigenvalue weighted by atomic mass is 35.5. The van der Waals surface area contributed by atoms with E-state index < -0.39 is 0 Å². The van der Waals surface area contributed by atoms with E-state index in [0.29, 0.717) is 16.3 Å². The molecule has 0 radical (unpaired) electrons. The standard InChI is InChI=1S/C21H21ClN4O2/c22-17-5-3-16(4-6-17)21(27)24-18-7-8-20(23-14-18)26-11-9-25(10-12-26)15-19-2-1-13-28-19/h1-8,13-14H,9-12,15H2,(H,24,27). The highest BCUT2D eigenvalue weighted by Gasteiger charge is 2.19. The minimum Gasteiger partial charge on any atom is -0.468 e. The van der Waals surface area contributed by atoms with Crippen LogP contribution in [0.1, 0.15) is 16.1 Å². The van der Waals surface area contributed by atoms with Crippen LogP contribution in [0.4, 0.5) is 11.5 Å². The van der Waals surface area contributed by atoms with Crippen molar-refractivity contribution in [2.24, 2.45) is 0 Å². The maximum Gasteiger partial charge on any atom is 0.255 e. The third-order valence-corrected chi connectivity index (χ3v) is 5.02. The SMILES string of the molecule is O=C(Nc1ccc(N2CCN(Cc3ccco3)CC2)nc1)c1ccc(Cl)cc1. The van der Waals surface area contributed by atoms with Gasteiger partial charge in [-0.25, -0.2) is 4.98 Å². The van der Waals surface area contributed by atoms with Crippen molar-refractivity contribution in [2.45, 2.75) is 6.54 Å². The van der Waals surface area contributed by atoms with Gasteiger partial charge >= 0.3 is 0 Å². The summed E-state index contributed by atoms with van der Waals surface area (Å²) in [7, 11) is 0. The van der Waals surface area contributed by atoms with Gasteiger partial charge in [0.25, 0.3) is 5.91 Å². The second-order valence-electron chi connectivity index (χ2n) is 6.71. The Kier molecular flexibility index (Phi) is 5.60. The summed E-state index contributed by atoms with van der Waals surface area (Å²) >= 11 is 5.86. The van der Waals surface area contributed by atoms with E-state index in [2.05, 4.69) is 20.1 Å². The average molecular weight is 397 g/mol. The van der Waals surface area contributed by atoms with Crippen LogP contribution in [-0.2, 0) is 6.54 Å². The maximum absolute atomic E-state index is 12.3. The van der Waals surface area contributed by atoms with Gasteiger partial charge in [-0.15, -0.1) is 0 Å². The molecule has 3 heterocycles. The number of hydrogen-bond donors (Lipinski definition) is 1. The number of amides is 1. The Balaban J connectivity index is 1.31. The van der Waals surface area contributed by atoms with E-state index in [4.69, 9.17) is 16.0 Å². The number of nitrogens with one attached hydrogen (secondary N) is 1. The first kappa shape index (κ1) is 18.5. The van der Waals surface area contributed by atoms with E-state index >= 15 is 0 Å². The zero-order valence-corrected chi connectivity index (χ0v) is 16.1. The van der Waals surface area contributed by atoms with Crippen LogP contribution >= 0.6 is 11.6 Å². The molecule has 144 valence electrons. The van der Waals surface area contributed by atoms with Crippen molar-refractivity contribution in [1.29, 1.82) is 0 Å². The van der Waals surface area contributed by atoms with E-state index in [-0.39, 0.29) is 5.91 Å². The number of aromatic nitrogens is 1. The van der Waals surface area contributed by atoms with Crippen LogP contribution in [0.15, 0.2) is 65.4 Å². The first-order chi connectivity index (χ1) is 13.7. The molecule has 3 aromatic rings. The summed E-state index contributed by atoms with van der Waals surface area (Å²) in [6.45, 7) is 4.56. The molecule has 1 amide bonds. The summed E-state index contributed by atoms with van der Waals surface area (Å²) in [4.78, 5) is 21.4. The maximum atomic E-state index is 12.3. The summed E-state index contributed by atoms with van der Waals surface area (Å²) in [5.41, 5.74) is 1.22. The minimum absolute atomic E-state index is 0.183. The number of pyridine rings is 1. The molecule has 4 rings (SSSR count). The lowest BCUT2D eigenvalue weighted by Crippen LogP contribution is -2.46. The van der Waals surface area contributed by atoms with E-state index in [1.807, 2.05) is 24.3 Å². The van der Waals surface area contributed by atoms with Crippen molar-refractivity contribution in [3.8, 4) is 0 Å². The lowest BCUT2D eigenvalue weighted by atomic mass is 10.2. The number of carbonyl (C=O) groups excluding carboxylic acids is 1. The fourth-order valence-electron chi connectivity index (χ4n) is 3.21. The molecule has 0 spiro atoms. The van der Waals surface area contributed by atoms with Crippen molar-refractivity contribution in [2.75, 3.05) is 36.4 Å². The molecular weight excluding hydrogens is 376 g/mol. The molecule has 1 aromatic carbocycles. The molecule has 1 N–H and O–H groups in total. The van der Waals surface area contributed by atoms with Crippen molar-refractivity contribution >= 4 is 29.0 Å². The topological polar surface area (TPSA) is 61.6 Å². The summed E-state index contributed by atoms with van der Waals surface area (Å²) in [6.07, 6.45) is 3.40. The monoisotopic (exact) mass is 396 g/mol.